The van der Waals surface area contributed by atoms with Gasteiger partial charge in [0.25, 0.3) is 0 Å². The van der Waals surface area contributed by atoms with E-state index in [1.165, 1.54) is 12.1 Å². The molecule has 1 aromatic carbocycles. The van der Waals surface area contributed by atoms with Crippen molar-refractivity contribution in [3.8, 4) is 0 Å². The van der Waals surface area contributed by atoms with Gasteiger partial charge in [-0.05, 0) is 18.6 Å². The van der Waals surface area contributed by atoms with Crippen molar-refractivity contribution in [2.24, 2.45) is 0 Å². The summed E-state index contributed by atoms with van der Waals surface area (Å²) in [6.45, 7) is 5.31. The molecule has 0 aliphatic heterocycles. The SMILES string of the molecule is C=C(C)CC(=O)Cc1cccc(F)c1F. The Morgan fingerprint density at radius 1 is 1.40 bits per heavy atom. The summed E-state index contributed by atoms with van der Waals surface area (Å²) < 4.78 is 25.9. The fraction of sp³-hybridized carbons (Fsp3) is 0.250. The second kappa shape index (κ2) is 4.82. The summed E-state index contributed by atoms with van der Waals surface area (Å²) in [7, 11) is 0. The lowest BCUT2D eigenvalue weighted by Crippen LogP contribution is -2.05. The van der Waals surface area contributed by atoms with Crippen LogP contribution >= 0.6 is 0 Å². The number of hydrogen-bond donors (Lipinski definition) is 0. The molecule has 0 saturated carbocycles. The molecule has 0 heterocycles. The number of halogens is 2. The minimum Gasteiger partial charge on any atom is -0.299 e. The van der Waals surface area contributed by atoms with E-state index in [2.05, 4.69) is 6.58 Å². The maximum Gasteiger partial charge on any atom is 0.162 e. The van der Waals surface area contributed by atoms with Crippen LogP contribution < -0.4 is 0 Å². The van der Waals surface area contributed by atoms with E-state index in [1.807, 2.05) is 0 Å². The van der Waals surface area contributed by atoms with Gasteiger partial charge in [0.2, 0.25) is 0 Å². The zero-order chi connectivity index (χ0) is 11.4. The van der Waals surface area contributed by atoms with E-state index in [-0.39, 0.29) is 24.2 Å². The summed E-state index contributed by atoms with van der Waals surface area (Å²) in [4.78, 5) is 11.3. The molecule has 15 heavy (non-hydrogen) atoms. The van der Waals surface area contributed by atoms with Gasteiger partial charge in [0.1, 0.15) is 5.78 Å². The first kappa shape index (κ1) is 11.6. The van der Waals surface area contributed by atoms with Gasteiger partial charge in [-0.3, -0.25) is 4.79 Å². The first-order valence-corrected chi connectivity index (χ1v) is 4.59. The normalized spacial score (nSPS) is 10.1. The Kier molecular flexibility index (Phi) is 3.72. The standard InChI is InChI=1S/C12H12F2O/c1-8(2)6-10(15)7-9-4-3-5-11(13)12(9)14/h3-5H,1,6-7H2,2H3. The predicted octanol–water partition coefficient (Wildman–Crippen LogP) is 3.04. The van der Waals surface area contributed by atoms with E-state index < -0.39 is 11.6 Å². The van der Waals surface area contributed by atoms with Gasteiger partial charge in [-0.1, -0.05) is 24.3 Å². The van der Waals surface area contributed by atoms with Gasteiger partial charge < -0.3 is 0 Å². The molecule has 0 aromatic heterocycles. The molecule has 1 rings (SSSR count). The Bertz CT molecular complexity index is 397. The molecule has 1 nitrogen and oxygen atoms in total. The number of ketones is 1. The Balaban J connectivity index is 2.77. The number of carbonyl (C=O) groups is 1. The zero-order valence-corrected chi connectivity index (χ0v) is 8.52. The van der Waals surface area contributed by atoms with Gasteiger partial charge in [-0.2, -0.15) is 0 Å². The van der Waals surface area contributed by atoms with Gasteiger partial charge in [0.05, 0.1) is 0 Å². The summed E-state index contributed by atoms with van der Waals surface area (Å²) in [6, 6.07) is 3.83. The fourth-order valence-electron chi connectivity index (χ4n) is 1.30. The maximum atomic E-state index is 13.1. The van der Waals surface area contributed by atoms with Crippen molar-refractivity contribution >= 4 is 5.78 Å². The molecule has 0 aliphatic rings. The van der Waals surface area contributed by atoms with E-state index >= 15 is 0 Å². The van der Waals surface area contributed by atoms with Crippen molar-refractivity contribution in [3.05, 3.63) is 47.5 Å². The number of carbonyl (C=O) groups excluding carboxylic acids is 1. The Morgan fingerprint density at radius 2 is 2.07 bits per heavy atom. The minimum absolute atomic E-state index is 0.0869. The van der Waals surface area contributed by atoms with Crippen LogP contribution in [0.5, 0.6) is 0 Å². The fourth-order valence-corrected chi connectivity index (χ4v) is 1.30. The highest BCUT2D eigenvalue weighted by Crippen LogP contribution is 2.13. The number of rotatable bonds is 4. The molecule has 0 aliphatic carbocycles. The molecule has 1 aromatic rings. The Labute approximate surface area is 87.4 Å². The average molecular weight is 210 g/mol. The number of Topliss-reactive ketones (excluding diaryl/α,β-unsaturated/α-hetero) is 1. The minimum atomic E-state index is -0.937. The lowest BCUT2D eigenvalue weighted by atomic mass is 10.0. The van der Waals surface area contributed by atoms with Crippen LogP contribution in [0.15, 0.2) is 30.4 Å². The summed E-state index contributed by atoms with van der Waals surface area (Å²) >= 11 is 0. The zero-order valence-electron chi connectivity index (χ0n) is 8.52. The summed E-state index contributed by atoms with van der Waals surface area (Å²) in [5.41, 5.74) is 0.818. The van der Waals surface area contributed by atoms with Crippen LogP contribution in [-0.2, 0) is 11.2 Å². The lowest BCUT2D eigenvalue weighted by molar-refractivity contribution is -0.117. The Morgan fingerprint density at radius 3 is 2.67 bits per heavy atom. The van der Waals surface area contributed by atoms with Crippen LogP contribution in [0, 0.1) is 11.6 Å². The van der Waals surface area contributed by atoms with Gasteiger partial charge >= 0.3 is 0 Å². The number of allylic oxidation sites excluding steroid dienone is 1. The molecule has 0 radical (unpaired) electrons. The van der Waals surface area contributed by atoms with Crippen molar-refractivity contribution < 1.29 is 13.6 Å². The van der Waals surface area contributed by atoms with Crippen LogP contribution in [0.3, 0.4) is 0 Å². The van der Waals surface area contributed by atoms with Crippen molar-refractivity contribution in [1.82, 2.24) is 0 Å². The first-order chi connectivity index (χ1) is 7.00. The molecule has 0 fully saturated rings. The van der Waals surface area contributed by atoms with Gasteiger partial charge in [-0.25, -0.2) is 8.78 Å². The Hall–Kier alpha value is -1.51. The van der Waals surface area contributed by atoms with Crippen LogP contribution in [0.1, 0.15) is 18.9 Å². The van der Waals surface area contributed by atoms with E-state index in [0.717, 1.165) is 11.6 Å². The van der Waals surface area contributed by atoms with Crippen LogP contribution in [0.2, 0.25) is 0 Å². The molecule has 0 N–H and O–H groups in total. The molecule has 0 saturated heterocycles. The molecule has 0 bridgehead atoms. The largest absolute Gasteiger partial charge is 0.299 e. The monoisotopic (exact) mass is 210 g/mol. The number of hydrogen-bond acceptors (Lipinski definition) is 1. The average Bonchev–Trinajstić information content (AvgIpc) is 2.11. The second-order valence-electron chi connectivity index (χ2n) is 3.56. The van der Waals surface area contributed by atoms with E-state index in [0.29, 0.717) is 0 Å². The van der Waals surface area contributed by atoms with Crippen molar-refractivity contribution in [3.63, 3.8) is 0 Å². The highest BCUT2D eigenvalue weighted by molar-refractivity contribution is 5.82. The smallest absolute Gasteiger partial charge is 0.162 e. The molecule has 80 valence electrons. The molecule has 0 atom stereocenters. The van der Waals surface area contributed by atoms with Gasteiger partial charge in [0, 0.05) is 12.8 Å². The van der Waals surface area contributed by atoms with Gasteiger partial charge in [0.15, 0.2) is 11.6 Å². The van der Waals surface area contributed by atoms with Crippen LogP contribution in [0.4, 0.5) is 8.78 Å². The predicted molar refractivity (Wildman–Crippen MR) is 54.5 cm³/mol. The third-order valence-corrected chi connectivity index (χ3v) is 1.92. The molecule has 3 heteroatoms. The second-order valence-corrected chi connectivity index (χ2v) is 3.56. The third-order valence-electron chi connectivity index (χ3n) is 1.92. The first-order valence-electron chi connectivity index (χ1n) is 4.59. The summed E-state index contributed by atoms with van der Waals surface area (Å²) in [5, 5.41) is 0. The van der Waals surface area contributed by atoms with Gasteiger partial charge in [-0.15, -0.1) is 0 Å². The molecular weight excluding hydrogens is 198 g/mol. The van der Waals surface area contributed by atoms with Crippen LogP contribution in [0.25, 0.3) is 0 Å². The quantitative estimate of drug-likeness (QED) is 0.698. The lowest BCUT2D eigenvalue weighted by Gasteiger charge is -2.03. The van der Waals surface area contributed by atoms with E-state index in [4.69, 9.17) is 0 Å². The van der Waals surface area contributed by atoms with Crippen molar-refractivity contribution in [2.45, 2.75) is 19.8 Å². The highest BCUT2D eigenvalue weighted by atomic mass is 19.2. The van der Waals surface area contributed by atoms with Crippen molar-refractivity contribution in [2.75, 3.05) is 0 Å². The number of benzene rings is 1. The highest BCUT2D eigenvalue weighted by Gasteiger charge is 2.11. The van der Waals surface area contributed by atoms with Crippen molar-refractivity contribution in [1.29, 1.82) is 0 Å². The van der Waals surface area contributed by atoms with E-state index in [9.17, 15) is 13.6 Å². The molecule has 0 spiro atoms. The van der Waals surface area contributed by atoms with Crippen LogP contribution in [-0.4, -0.2) is 5.78 Å². The molecule has 0 unspecified atom stereocenters. The molecule has 0 amide bonds. The topological polar surface area (TPSA) is 17.1 Å². The summed E-state index contributed by atoms with van der Waals surface area (Å²) in [5.74, 6) is -2.02. The summed E-state index contributed by atoms with van der Waals surface area (Å²) in [6.07, 6.45) is 0.117. The maximum absolute atomic E-state index is 13.1. The molecular formula is C12H12F2O. The third kappa shape index (κ3) is 3.27. The van der Waals surface area contributed by atoms with E-state index in [1.54, 1.807) is 6.92 Å².